The molecule has 0 aliphatic carbocycles. The zero-order chi connectivity index (χ0) is 18.1. The number of hydrogen-bond donors (Lipinski definition) is 0. The Morgan fingerprint density at radius 2 is 2.04 bits per heavy atom. The minimum Gasteiger partial charge on any atom is -0.493 e. The molecule has 1 amide bonds. The van der Waals surface area contributed by atoms with Crippen molar-refractivity contribution in [3.63, 3.8) is 0 Å². The van der Waals surface area contributed by atoms with E-state index in [4.69, 9.17) is 9.47 Å². The molecule has 2 aliphatic rings. The van der Waals surface area contributed by atoms with Crippen molar-refractivity contribution in [2.75, 3.05) is 7.11 Å². The van der Waals surface area contributed by atoms with Crippen LogP contribution in [-0.2, 0) is 14.4 Å². The summed E-state index contributed by atoms with van der Waals surface area (Å²) >= 11 is 0.862. The molecular weight excluding hydrogens is 346 g/mol. The summed E-state index contributed by atoms with van der Waals surface area (Å²) in [4.78, 5) is 39.3. The molecule has 1 aromatic carbocycles. The molecule has 25 heavy (non-hydrogen) atoms. The van der Waals surface area contributed by atoms with Crippen LogP contribution in [0.25, 0.3) is 6.08 Å². The van der Waals surface area contributed by atoms with Crippen molar-refractivity contribution in [1.29, 1.82) is 0 Å². The Hall–Kier alpha value is -2.94. The SMILES string of the molecule is COc1cc(C=C2N=C3SC(=O)C(C)=NN3C2=O)ccc1OC(C)=O. The van der Waals surface area contributed by atoms with Gasteiger partial charge in [0.05, 0.1) is 7.11 Å². The summed E-state index contributed by atoms with van der Waals surface area (Å²) in [7, 11) is 1.44. The van der Waals surface area contributed by atoms with Gasteiger partial charge in [-0.05, 0) is 42.5 Å². The third-order valence-electron chi connectivity index (χ3n) is 3.28. The summed E-state index contributed by atoms with van der Waals surface area (Å²) in [5, 5.41) is 5.06. The number of thioether (sulfide) groups is 1. The molecular formula is C16H13N3O5S. The second-order valence-corrected chi connectivity index (χ2v) is 6.06. The molecule has 1 aromatic rings. The maximum atomic E-state index is 12.4. The molecule has 0 saturated carbocycles. The number of aliphatic imine (C=N–C) groups is 1. The lowest BCUT2D eigenvalue weighted by atomic mass is 10.1. The number of fused-ring (bicyclic) bond motifs is 1. The third kappa shape index (κ3) is 3.31. The van der Waals surface area contributed by atoms with Crippen LogP contribution in [0, 0.1) is 0 Å². The molecule has 128 valence electrons. The van der Waals surface area contributed by atoms with E-state index in [1.54, 1.807) is 31.2 Å². The number of carbonyl (C=O) groups excluding carboxylic acids is 3. The van der Waals surface area contributed by atoms with E-state index in [-0.39, 0.29) is 27.4 Å². The van der Waals surface area contributed by atoms with Crippen LogP contribution in [0.1, 0.15) is 19.4 Å². The lowest BCUT2D eigenvalue weighted by molar-refractivity contribution is -0.132. The van der Waals surface area contributed by atoms with Gasteiger partial charge >= 0.3 is 5.97 Å². The number of ether oxygens (including phenoxy) is 2. The van der Waals surface area contributed by atoms with Crippen LogP contribution >= 0.6 is 11.8 Å². The molecule has 0 fully saturated rings. The smallest absolute Gasteiger partial charge is 0.308 e. The van der Waals surface area contributed by atoms with Crippen LogP contribution in [0.5, 0.6) is 11.5 Å². The number of amidine groups is 1. The van der Waals surface area contributed by atoms with Gasteiger partial charge in [-0.25, -0.2) is 4.99 Å². The number of carbonyl (C=O) groups is 3. The Kier molecular flexibility index (Phi) is 4.41. The summed E-state index contributed by atoms with van der Waals surface area (Å²) in [5.74, 6) is -0.259. The van der Waals surface area contributed by atoms with Crippen molar-refractivity contribution >= 4 is 45.7 Å². The highest BCUT2D eigenvalue weighted by molar-refractivity contribution is 8.27. The Morgan fingerprint density at radius 1 is 1.28 bits per heavy atom. The summed E-state index contributed by atoms with van der Waals surface area (Å²) in [5.41, 5.74) is 1.01. The maximum absolute atomic E-state index is 12.4. The van der Waals surface area contributed by atoms with Gasteiger partial charge in [0.15, 0.2) is 11.5 Å². The van der Waals surface area contributed by atoms with Gasteiger partial charge in [0.25, 0.3) is 5.91 Å². The highest BCUT2D eigenvalue weighted by Gasteiger charge is 2.36. The van der Waals surface area contributed by atoms with Gasteiger partial charge in [-0.15, -0.1) is 0 Å². The summed E-state index contributed by atoms with van der Waals surface area (Å²) in [6, 6.07) is 4.83. The van der Waals surface area contributed by atoms with E-state index in [9.17, 15) is 14.4 Å². The number of nitrogens with zero attached hydrogens (tertiary/aromatic N) is 3. The normalized spacial score (nSPS) is 18.0. The quantitative estimate of drug-likeness (QED) is 0.464. The first-order chi connectivity index (χ1) is 11.9. The van der Waals surface area contributed by atoms with E-state index < -0.39 is 11.9 Å². The second kappa shape index (κ2) is 6.52. The van der Waals surface area contributed by atoms with Crippen LogP contribution in [0.3, 0.4) is 0 Å². The van der Waals surface area contributed by atoms with E-state index in [0.29, 0.717) is 11.3 Å². The van der Waals surface area contributed by atoms with Gasteiger partial charge in [0.2, 0.25) is 10.3 Å². The fourth-order valence-electron chi connectivity index (χ4n) is 2.16. The number of benzene rings is 1. The number of methoxy groups -OCH3 is 1. The zero-order valence-electron chi connectivity index (χ0n) is 13.6. The largest absolute Gasteiger partial charge is 0.493 e. The fourth-order valence-corrected chi connectivity index (χ4v) is 2.87. The van der Waals surface area contributed by atoms with Gasteiger partial charge < -0.3 is 9.47 Å². The average Bonchev–Trinajstić information content (AvgIpc) is 2.84. The molecule has 0 saturated heterocycles. The van der Waals surface area contributed by atoms with E-state index in [1.165, 1.54) is 14.0 Å². The minimum atomic E-state index is -0.464. The monoisotopic (exact) mass is 359 g/mol. The standard InChI is InChI=1S/C16H13N3O5S/c1-8-15(22)25-16-17-11(14(21)19(16)18-8)6-10-4-5-12(24-9(2)20)13(7-10)23-3/h4-7H,1-3H3. The number of rotatable bonds is 3. The van der Waals surface area contributed by atoms with Crippen molar-refractivity contribution in [2.45, 2.75) is 13.8 Å². The van der Waals surface area contributed by atoms with Gasteiger partial charge in [0, 0.05) is 6.92 Å². The number of esters is 1. The predicted molar refractivity (Wildman–Crippen MR) is 92.3 cm³/mol. The summed E-state index contributed by atoms with van der Waals surface area (Å²) in [6.07, 6.45) is 1.55. The molecule has 0 atom stereocenters. The Balaban J connectivity index is 1.93. The minimum absolute atomic E-state index is 0.149. The molecule has 3 rings (SSSR count). The van der Waals surface area contributed by atoms with Crippen LogP contribution in [0.15, 0.2) is 34.0 Å². The van der Waals surface area contributed by atoms with E-state index >= 15 is 0 Å². The Morgan fingerprint density at radius 3 is 2.72 bits per heavy atom. The summed E-state index contributed by atoms with van der Waals surface area (Å²) in [6.45, 7) is 2.83. The summed E-state index contributed by atoms with van der Waals surface area (Å²) < 4.78 is 10.2. The molecule has 2 aliphatic heterocycles. The van der Waals surface area contributed by atoms with Crippen LogP contribution in [-0.4, -0.2) is 40.0 Å². The molecule has 0 unspecified atom stereocenters. The van der Waals surface area contributed by atoms with Crippen molar-refractivity contribution in [2.24, 2.45) is 10.1 Å². The zero-order valence-corrected chi connectivity index (χ0v) is 14.4. The van der Waals surface area contributed by atoms with Crippen LogP contribution in [0.2, 0.25) is 0 Å². The molecule has 8 nitrogen and oxygen atoms in total. The number of amides is 1. The molecule has 0 bridgehead atoms. The van der Waals surface area contributed by atoms with Crippen molar-refractivity contribution in [3.05, 3.63) is 29.5 Å². The number of hydrogen-bond acceptors (Lipinski definition) is 8. The lowest BCUT2D eigenvalue weighted by Gasteiger charge is -2.15. The molecule has 0 spiro atoms. The average molecular weight is 359 g/mol. The molecule has 2 heterocycles. The van der Waals surface area contributed by atoms with E-state index in [2.05, 4.69) is 10.1 Å². The first kappa shape index (κ1) is 16.9. The second-order valence-electron chi connectivity index (χ2n) is 5.12. The highest BCUT2D eigenvalue weighted by atomic mass is 32.2. The van der Waals surface area contributed by atoms with Crippen molar-refractivity contribution in [3.8, 4) is 11.5 Å². The molecule has 9 heteroatoms. The van der Waals surface area contributed by atoms with Gasteiger partial charge in [-0.3, -0.25) is 14.4 Å². The fraction of sp³-hybridized carbons (Fsp3) is 0.188. The third-order valence-corrected chi connectivity index (χ3v) is 4.21. The van der Waals surface area contributed by atoms with Gasteiger partial charge in [0.1, 0.15) is 11.4 Å². The Bertz CT molecular complexity index is 888. The topological polar surface area (TPSA) is 97.6 Å². The molecule has 0 aromatic heterocycles. The van der Waals surface area contributed by atoms with Crippen LogP contribution < -0.4 is 9.47 Å². The highest BCUT2D eigenvalue weighted by Crippen LogP contribution is 2.31. The Labute approximate surface area is 147 Å². The van der Waals surface area contributed by atoms with E-state index in [1.807, 2.05) is 0 Å². The van der Waals surface area contributed by atoms with Crippen molar-refractivity contribution in [1.82, 2.24) is 5.01 Å². The maximum Gasteiger partial charge on any atom is 0.308 e. The molecule has 0 radical (unpaired) electrons. The van der Waals surface area contributed by atoms with Gasteiger partial charge in [-0.2, -0.15) is 10.1 Å². The molecule has 0 N–H and O–H groups in total. The first-order valence-electron chi connectivity index (χ1n) is 7.17. The first-order valence-corrected chi connectivity index (χ1v) is 7.99. The van der Waals surface area contributed by atoms with Crippen LogP contribution in [0.4, 0.5) is 0 Å². The van der Waals surface area contributed by atoms with Crippen molar-refractivity contribution < 1.29 is 23.9 Å². The predicted octanol–water partition coefficient (Wildman–Crippen LogP) is 1.81. The van der Waals surface area contributed by atoms with E-state index in [0.717, 1.165) is 16.8 Å². The lowest BCUT2D eigenvalue weighted by Crippen LogP contribution is -2.32. The number of hydrazone groups is 1. The van der Waals surface area contributed by atoms with Gasteiger partial charge in [-0.1, -0.05) is 6.07 Å².